The van der Waals surface area contributed by atoms with Crippen LogP contribution in [0.25, 0.3) is 0 Å². The Labute approximate surface area is 107 Å². The fourth-order valence-corrected chi connectivity index (χ4v) is 2.64. The molecule has 0 aromatic carbocycles. The number of aromatic nitrogens is 1. The van der Waals surface area contributed by atoms with E-state index in [9.17, 15) is 4.39 Å². The van der Waals surface area contributed by atoms with Crippen LogP contribution in [-0.2, 0) is 6.42 Å². The Balaban J connectivity index is 2.13. The van der Waals surface area contributed by atoms with E-state index in [1.165, 1.54) is 23.6 Å². The standard InChI is InChI=1S/C11H11ClFN3S/c12-11-4-2-8(17-11)5-10(16-14)9-3-1-7(13)6-15-9/h1-4,6,10,16H,5,14H2. The monoisotopic (exact) mass is 271 g/mol. The third-order valence-corrected chi connectivity index (χ3v) is 3.60. The van der Waals surface area contributed by atoms with E-state index in [0.717, 1.165) is 9.21 Å². The third kappa shape index (κ3) is 3.23. The summed E-state index contributed by atoms with van der Waals surface area (Å²) in [6.07, 6.45) is 1.85. The molecule has 0 bridgehead atoms. The molecule has 0 aliphatic carbocycles. The van der Waals surface area contributed by atoms with Crippen LogP contribution in [0.4, 0.5) is 4.39 Å². The number of nitrogens with one attached hydrogen (secondary N) is 1. The average molecular weight is 272 g/mol. The molecular weight excluding hydrogens is 261 g/mol. The third-order valence-electron chi connectivity index (χ3n) is 2.34. The molecule has 0 amide bonds. The summed E-state index contributed by atoms with van der Waals surface area (Å²) in [5.74, 6) is 5.13. The molecule has 2 aromatic rings. The van der Waals surface area contributed by atoms with Gasteiger partial charge in [-0.1, -0.05) is 11.6 Å². The fraction of sp³-hybridized carbons (Fsp3) is 0.182. The number of halogens is 2. The molecule has 0 fully saturated rings. The Hall–Kier alpha value is -1.01. The summed E-state index contributed by atoms with van der Waals surface area (Å²) < 4.78 is 13.5. The van der Waals surface area contributed by atoms with Crippen molar-refractivity contribution in [3.63, 3.8) is 0 Å². The van der Waals surface area contributed by atoms with E-state index in [1.807, 2.05) is 12.1 Å². The van der Waals surface area contributed by atoms with Gasteiger partial charge in [-0.2, -0.15) is 0 Å². The number of hydrogen-bond donors (Lipinski definition) is 2. The Morgan fingerprint density at radius 1 is 1.41 bits per heavy atom. The Morgan fingerprint density at radius 2 is 2.24 bits per heavy atom. The number of pyridine rings is 1. The van der Waals surface area contributed by atoms with Crippen molar-refractivity contribution in [2.75, 3.05) is 0 Å². The van der Waals surface area contributed by atoms with Gasteiger partial charge in [-0.05, 0) is 24.3 Å². The van der Waals surface area contributed by atoms with Crippen LogP contribution in [0.1, 0.15) is 16.6 Å². The molecular formula is C11H11ClFN3S. The maximum Gasteiger partial charge on any atom is 0.141 e. The molecule has 2 aromatic heterocycles. The van der Waals surface area contributed by atoms with E-state index in [0.29, 0.717) is 12.1 Å². The fourth-order valence-electron chi connectivity index (χ4n) is 1.50. The van der Waals surface area contributed by atoms with Crippen LogP contribution in [0, 0.1) is 5.82 Å². The molecule has 3 N–H and O–H groups in total. The number of thiophene rings is 1. The highest BCUT2D eigenvalue weighted by atomic mass is 35.5. The molecule has 2 rings (SSSR count). The lowest BCUT2D eigenvalue weighted by molar-refractivity contribution is 0.536. The van der Waals surface area contributed by atoms with Crippen LogP contribution in [0.5, 0.6) is 0 Å². The van der Waals surface area contributed by atoms with Crippen molar-refractivity contribution in [2.45, 2.75) is 12.5 Å². The molecule has 6 heteroatoms. The van der Waals surface area contributed by atoms with Crippen molar-refractivity contribution in [1.29, 1.82) is 0 Å². The molecule has 90 valence electrons. The maximum atomic E-state index is 12.8. The van der Waals surface area contributed by atoms with E-state index in [2.05, 4.69) is 10.4 Å². The lowest BCUT2D eigenvalue weighted by atomic mass is 10.1. The molecule has 0 saturated carbocycles. The van der Waals surface area contributed by atoms with Crippen LogP contribution < -0.4 is 11.3 Å². The second kappa shape index (κ2) is 5.55. The SMILES string of the molecule is NNC(Cc1ccc(Cl)s1)c1ccc(F)cn1. The lowest BCUT2D eigenvalue weighted by Gasteiger charge is -2.14. The Bertz CT molecular complexity index is 486. The molecule has 0 aliphatic heterocycles. The topological polar surface area (TPSA) is 50.9 Å². The number of nitrogens with zero attached hydrogens (tertiary/aromatic N) is 1. The molecule has 1 unspecified atom stereocenters. The van der Waals surface area contributed by atoms with Gasteiger partial charge >= 0.3 is 0 Å². The minimum atomic E-state index is -0.358. The molecule has 2 heterocycles. The molecule has 1 atom stereocenters. The van der Waals surface area contributed by atoms with Gasteiger partial charge in [-0.25, -0.2) is 4.39 Å². The minimum absolute atomic E-state index is 0.148. The predicted molar refractivity (Wildman–Crippen MR) is 67.3 cm³/mol. The first-order chi connectivity index (χ1) is 8.19. The van der Waals surface area contributed by atoms with Crippen molar-refractivity contribution in [1.82, 2.24) is 10.4 Å². The van der Waals surface area contributed by atoms with Crippen LogP contribution in [0.15, 0.2) is 30.5 Å². The summed E-state index contributed by atoms with van der Waals surface area (Å²) in [5.41, 5.74) is 3.38. The zero-order valence-corrected chi connectivity index (χ0v) is 10.4. The van der Waals surface area contributed by atoms with E-state index < -0.39 is 0 Å². The van der Waals surface area contributed by atoms with Crippen molar-refractivity contribution < 1.29 is 4.39 Å². The van der Waals surface area contributed by atoms with Crippen molar-refractivity contribution in [2.24, 2.45) is 5.84 Å². The first kappa shape index (κ1) is 12.4. The zero-order valence-electron chi connectivity index (χ0n) is 8.86. The van der Waals surface area contributed by atoms with Gasteiger partial charge in [0.1, 0.15) is 5.82 Å². The molecule has 0 saturated heterocycles. The molecule has 0 spiro atoms. The number of hydrogen-bond acceptors (Lipinski definition) is 4. The van der Waals surface area contributed by atoms with Gasteiger partial charge in [0.2, 0.25) is 0 Å². The summed E-state index contributed by atoms with van der Waals surface area (Å²) in [5, 5.41) is 0. The van der Waals surface area contributed by atoms with Gasteiger partial charge in [0, 0.05) is 11.3 Å². The van der Waals surface area contributed by atoms with Crippen LogP contribution in [0.2, 0.25) is 4.34 Å². The highest BCUT2D eigenvalue weighted by molar-refractivity contribution is 7.16. The maximum absolute atomic E-state index is 12.8. The van der Waals surface area contributed by atoms with E-state index >= 15 is 0 Å². The molecule has 0 aliphatic rings. The smallest absolute Gasteiger partial charge is 0.141 e. The number of rotatable bonds is 4. The quantitative estimate of drug-likeness (QED) is 0.664. The van der Waals surface area contributed by atoms with Crippen molar-refractivity contribution in [3.05, 3.63) is 51.2 Å². The van der Waals surface area contributed by atoms with Gasteiger partial charge in [0.15, 0.2) is 0 Å². The van der Waals surface area contributed by atoms with E-state index in [1.54, 1.807) is 6.07 Å². The second-order valence-electron chi connectivity index (χ2n) is 3.53. The highest BCUT2D eigenvalue weighted by Gasteiger charge is 2.13. The van der Waals surface area contributed by atoms with Gasteiger partial charge < -0.3 is 0 Å². The largest absolute Gasteiger partial charge is 0.271 e. The Morgan fingerprint density at radius 3 is 2.76 bits per heavy atom. The summed E-state index contributed by atoms with van der Waals surface area (Å²) in [6.45, 7) is 0. The van der Waals surface area contributed by atoms with E-state index in [4.69, 9.17) is 17.4 Å². The molecule has 17 heavy (non-hydrogen) atoms. The normalized spacial score (nSPS) is 12.6. The number of nitrogens with two attached hydrogens (primary N) is 1. The van der Waals surface area contributed by atoms with Gasteiger partial charge in [0.05, 0.1) is 22.3 Å². The van der Waals surface area contributed by atoms with Crippen LogP contribution in [-0.4, -0.2) is 4.98 Å². The molecule has 3 nitrogen and oxygen atoms in total. The first-order valence-corrected chi connectivity index (χ1v) is 6.20. The minimum Gasteiger partial charge on any atom is -0.271 e. The average Bonchev–Trinajstić information content (AvgIpc) is 2.73. The van der Waals surface area contributed by atoms with Crippen LogP contribution >= 0.6 is 22.9 Å². The summed E-state index contributed by atoms with van der Waals surface area (Å²) in [4.78, 5) is 5.11. The zero-order chi connectivity index (χ0) is 12.3. The van der Waals surface area contributed by atoms with Gasteiger partial charge in [-0.3, -0.25) is 16.3 Å². The molecule has 0 radical (unpaired) electrons. The van der Waals surface area contributed by atoms with Crippen molar-refractivity contribution in [3.8, 4) is 0 Å². The second-order valence-corrected chi connectivity index (χ2v) is 5.33. The number of hydrazine groups is 1. The first-order valence-electron chi connectivity index (χ1n) is 5.01. The summed E-state index contributed by atoms with van der Waals surface area (Å²) in [6, 6.07) is 6.63. The van der Waals surface area contributed by atoms with Gasteiger partial charge in [-0.15, -0.1) is 11.3 Å². The lowest BCUT2D eigenvalue weighted by Crippen LogP contribution is -2.30. The predicted octanol–water partition coefficient (Wildman–Crippen LogP) is 2.68. The van der Waals surface area contributed by atoms with E-state index in [-0.39, 0.29) is 11.9 Å². The highest BCUT2D eigenvalue weighted by Crippen LogP contribution is 2.25. The van der Waals surface area contributed by atoms with Crippen LogP contribution in [0.3, 0.4) is 0 Å². The summed E-state index contributed by atoms with van der Waals surface area (Å²) in [7, 11) is 0. The van der Waals surface area contributed by atoms with Crippen molar-refractivity contribution >= 4 is 22.9 Å². The summed E-state index contributed by atoms with van der Waals surface area (Å²) >= 11 is 7.35. The Kier molecular flexibility index (Phi) is 4.06. The van der Waals surface area contributed by atoms with Gasteiger partial charge in [0.25, 0.3) is 0 Å².